The molecule has 6 heteroatoms. The zero-order valence-corrected chi connectivity index (χ0v) is 13.8. The summed E-state index contributed by atoms with van der Waals surface area (Å²) >= 11 is 0. The molecule has 1 aromatic carbocycles. The Kier molecular flexibility index (Phi) is 3.78. The van der Waals surface area contributed by atoms with Crippen molar-refractivity contribution in [2.45, 2.75) is 38.1 Å². The van der Waals surface area contributed by atoms with Gasteiger partial charge in [-0.2, -0.15) is 0 Å². The van der Waals surface area contributed by atoms with Gasteiger partial charge in [0.15, 0.2) is 0 Å². The highest BCUT2D eigenvalue weighted by Gasteiger charge is 2.36. The van der Waals surface area contributed by atoms with Crippen LogP contribution >= 0.6 is 0 Å². The molecule has 1 aliphatic rings. The van der Waals surface area contributed by atoms with Gasteiger partial charge in [0, 0.05) is 24.0 Å². The summed E-state index contributed by atoms with van der Waals surface area (Å²) in [6, 6.07) is 5.81. The molecule has 1 amide bonds. The SMILES string of the molecule is CN(C(=O)c1cc(C2CC2)nc2ccc(F)cc12)C(C)(C)C(=O)O. The van der Waals surface area contributed by atoms with Crippen LogP contribution in [0.4, 0.5) is 4.39 Å². The molecule has 0 spiro atoms. The van der Waals surface area contributed by atoms with Gasteiger partial charge in [-0.15, -0.1) is 0 Å². The van der Waals surface area contributed by atoms with E-state index in [2.05, 4.69) is 4.98 Å². The molecule has 0 saturated heterocycles. The zero-order chi connectivity index (χ0) is 17.6. The molecule has 1 fully saturated rings. The number of rotatable bonds is 4. The van der Waals surface area contributed by atoms with Crippen molar-refractivity contribution in [3.05, 3.63) is 41.3 Å². The van der Waals surface area contributed by atoms with Crippen LogP contribution in [0.3, 0.4) is 0 Å². The van der Waals surface area contributed by atoms with Crippen LogP contribution in [0.25, 0.3) is 10.9 Å². The normalized spacial score (nSPS) is 14.7. The number of hydrogen-bond acceptors (Lipinski definition) is 3. The van der Waals surface area contributed by atoms with Gasteiger partial charge in [-0.1, -0.05) is 0 Å². The third kappa shape index (κ3) is 2.72. The first-order chi connectivity index (χ1) is 11.2. The third-order valence-corrected chi connectivity index (χ3v) is 4.68. The van der Waals surface area contributed by atoms with Crippen LogP contribution in [0.1, 0.15) is 48.7 Å². The van der Waals surface area contributed by atoms with Crippen LogP contribution in [-0.4, -0.2) is 39.5 Å². The number of aromatic nitrogens is 1. The van der Waals surface area contributed by atoms with E-state index < -0.39 is 23.2 Å². The molecule has 0 unspecified atom stereocenters. The summed E-state index contributed by atoms with van der Waals surface area (Å²) in [5.74, 6) is -1.70. The Hall–Kier alpha value is -2.50. The molecule has 126 valence electrons. The zero-order valence-electron chi connectivity index (χ0n) is 13.8. The van der Waals surface area contributed by atoms with Crippen LogP contribution in [0.2, 0.25) is 0 Å². The first-order valence-corrected chi connectivity index (χ1v) is 7.83. The van der Waals surface area contributed by atoms with Gasteiger partial charge in [0.25, 0.3) is 5.91 Å². The maximum absolute atomic E-state index is 13.7. The standard InChI is InChI=1S/C18H19FN2O3/c1-18(2,17(23)24)21(3)16(22)13-9-15(10-4-5-10)20-14-7-6-11(19)8-12(13)14/h6-10H,4-5H2,1-3H3,(H,23,24). The molecule has 0 aliphatic heterocycles. The molecule has 1 aromatic heterocycles. The predicted molar refractivity (Wildman–Crippen MR) is 87.5 cm³/mol. The molecule has 0 radical (unpaired) electrons. The van der Waals surface area contributed by atoms with Gasteiger partial charge in [0.05, 0.1) is 11.1 Å². The summed E-state index contributed by atoms with van der Waals surface area (Å²) in [5, 5.41) is 9.75. The Bertz CT molecular complexity index is 844. The summed E-state index contributed by atoms with van der Waals surface area (Å²) in [5.41, 5.74) is 0.266. The van der Waals surface area contributed by atoms with Crippen LogP contribution < -0.4 is 0 Å². The molecule has 24 heavy (non-hydrogen) atoms. The van der Waals surface area contributed by atoms with Crippen LogP contribution in [0, 0.1) is 5.82 Å². The molecule has 0 atom stereocenters. The Morgan fingerprint density at radius 3 is 2.54 bits per heavy atom. The van der Waals surface area contributed by atoms with Crippen molar-refractivity contribution >= 4 is 22.8 Å². The average Bonchev–Trinajstić information content (AvgIpc) is 3.37. The van der Waals surface area contributed by atoms with E-state index in [1.165, 1.54) is 37.9 Å². The summed E-state index contributed by atoms with van der Waals surface area (Å²) < 4.78 is 13.7. The monoisotopic (exact) mass is 330 g/mol. The predicted octanol–water partition coefficient (Wildman–Crippen LogP) is 3.19. The maximum Gasteiger partial charge on any atom is 0.329 e. The maximum atomic E-state index is 13.7. The minimum Gasteiger partial charge on any atom is -0.480 e. The van der Waals surface area contributed by atoms with Gasteiger partial charge >= 0.3 is 5.97 Å². The van der Waals surface area contributed by atoms with Crippen molar-refractivity contribution in [3.63, 3.8) is 0 Å². The average molecular weight is 330 g/mol. The second kappa shape index (κ2) is 5.54. The fourth-order valence-electron chi connectivity index (χ4n) is 2.56. The summed E-state index contributed by atoms with van der Waals surface area (Å²) in [6.07, 6.45) is 2.04. The number of carboxylic acids is 1. The highest BCUT2D eigenvalue weighted by molar-refractivity contribution is 6.07. The smallest absolute Gasteiger partial charge is 0.329 e. The quantitative estimate of drug-likeness (QED) is 0.934. The van der Waals surface area contributed by atoms with E-state index in [-0.39, 0.29) is 0 Å². The first-order valence-electron chi connectivity index (χ1n) is 7.83. The number of pyridine rings is 1. The van der Waals surface area contributed by atoms with Gasteiger partial charge in [-0.05, 0) is 51.0 Å². The summed E-state index contributed by atoms with van der Waals surface area (Å²) in [4.78, 5) is 30.1. The van der Waals surface area contributed by atoms with Crippen LogP contribution in [0.5, 0.6) is 0 Å². The number of hydrogen-bond donors (Lipinski definition) is 1. The number of likely N-dealkylation sites (N-methyl/N-ethyl adjacent to an activating group) is 1. The minimum atomic E-state index is -1.38. The summed E-state index contributed by atoms with van der Waals surface area (Å²) in [7, 11) is 1.44. The second-order valence-corrected chi connectivity index (χ2v) is 6.76. The molecule has 1 aliphatic carbocycles. The van der Waals surface area contributed by atoms with Crippen LogP contribution in [-0.2, 0) is 4.79 Å². The number of carbonyl (C=O) groups is 2. The van der Waals surface area contributed by atoms with Crippen molar-refractivity contribution in [2.75, 3.05) is 7.05 Å². The van der Waals surface area contributed by atoms with Crippen molar-refractivity contribution in [2.24, 2.45) is 0 Å². The number of fused-ring (bicyclic) bond motifs is 1. The van der Waals surface area contributed by atoms with E-state index in [0.29, 0.717) is 22.4 Å². The summed E-state index contributed by atoms with van der Waals surface area (Å²) in [6.45, 7) is 2.91. The first kappa shape index (κ1) is 16.4. The van der Waals surface area contributed by atoms with Gasteiger partial charge in [-0.25, -0.2) is 9.18 Å². The number of carbonyl (C=O) groups excluding carboxylic acids is 1. The van der Waals surface area contributed by atoms with E-state index >= 15 is 0 Å². The Morgan fingerprint density at radius 2 is 1.96 bits per heavy atom. The minimum absolute atomic E-state index is 0.290. The third-order valence-electron chi connectivity index (χ3n) is 4.68. The Balaban J connectivity index is 2.14. The lowest BCUT2D eigenvalue weighted by molar-refractivity contribution is -0.147. The molecule has 3 rings (SSSR count). The van der Waals surface area contributed by atoms with E-state index in [9.17, 15) is 19.1 Å². The molecule has 2 aromatic rings. The van der Waals surface area contributed by atoms with Gasteiger partial charge < -0.3 is 10.0 Å². The van der Waals surface area contributed by atoms with E-state index in [1.54, 1.807) is 12.1 Å². The van der Waals surface area contributed by atoms with Crippen molar-refractivity contribution < 1.29 is 19.1 Å². The molecule has 5 nitrogen and oxygen atoms in total. The molecule has 1 N–H and O–H groups in total. The van der Waals surface area contributed by atoms with E-state index in [1.807, 2.05) is 0 Å². The number of nitrogens with zero attached hydrogens (tertiary/aromatic N) is 2. The second-order valence-electron chi connectivity index (χ2n) is 6.76. The van der Waals surface area contributed by atoms with Crippen molar-refractivity contribution in [3.8, 4) is 0 Å². The number of aliphatic carboxylic acids is 1. The van der Waals surface area contributed by atoms with Gasteiger partial charge in [0.1, 0.15) is 11.4 Å². The molecule has 1 saturated carbocycles. The van der Waals surface area contributed by atoms with Crippen LogP contribution in [0.15, 0.2) is 24.3 Å². The molecule has 0 bridgehead atoms. The van der Waals surface area contributed by atoms with E-state index in [0.717, 1.165) is 18.5 Å². The lowest BCUT2D eigenvalue weighted by atomic mass is 10.00. The van der Waals surface area contributed by atoms with Gasteiger partial charge in [0.2, 0.25) is 0 Å². The lowest BCUT2D eigenvalue weighted by Crippen LogP contribution is -2.50. The van der Waals surface area contributed by atoms with Crippen molar-refractivity contribution in [1.29, 1.82) is 0 Å². The number of benzene rings is 1. The molecular formula is C18H19FN2O3. The Labute approximate surface area is 139 Å². The largest absolute Gasteiger partial charge is 0.480 e. The van der Waals surface area contributed by atoms with E-state index in [4.69, 9.17) is 0 Å². The number of amides is 1. The number of carboxylic acid groups (broad SMARTS) is 1. The Morgan fingerprint density at radius 1 is 1.29 bits per heavy atom. The molecular weight excluding hydrogens is 311 g/mol. The highest BCUT2D eigenvalue weighted by atomic mass is 19.1. The molecule has 1 heterocycles. The van der Waals surface area contributed by atoms with Gasteiger partial charge in [-0.3, -0.25) is 9.78 Å². The van der Waals surface area contributed by atoms with Crippen molar-refractivity contribution in [1.82, 2.24) is 9.88 Å². The fraction of sp³-hybridized carbons (Fsp3) is 0.389. The number of halogens is 1. The topological polar surface area (TPSA) is 70.5 Å². The highest BCUT2D eigenvalue weighted by Crippen LogP contribution is 2.40. The lowest BCUT2D eigenvalue weighted by Gasteiger charge is -2.32. The fourth-order valence-corrected chi connectivity index (χ4v) is 2.56.